The molecule has 0 bridgehead atoms. The van der Waals surface area contributed by atoms with E-state index < -0.39 is 0 Å². The van der Waals surface area contributed by atoms with Crippen LogP contribution in [-0.2, 0) is 0 Å². The molecule has 0 aliphatic rings. The van der Waals surface area contributed by atoms with Crippen molar-refractivity contribution < 1.29 is 0 Å². The van der Waals surface area contributed by atoms with Gasteiger partial charge in [-0.25, -0.2) is 9.83 Å². The van der Waals surface area contributed by atoms with Gasteiger partial charge in [-0.15, -0.1) is 11.3 Å². The Labute approximate surface area is 74.3 Å². The first-order chi connectivity index (χ1) is 5.79. The van der Waals surface area contributed by atoms with Crippen molar-refractivity contribution in [2.75, 3.05) is 0 Å². The largest absolute Gasteiger partial charge is 0.242 e. The van der Waals surface area contributed by atoms with Crippen molar-refractivity contribution in [1.82, 2.24) is 4.98 Å². The fourth-order valence-corrected chi connectivity index (χ4v) is 1.96. The number of aromatic nitrogens is 1. The molecule has 1 aromatic carbocycles. The summed E-state index contributed by atoms with van der Waals surface area (Å²) in [6, 6.07) is 5.58. The van der Waals surface area contributed by atoms with Crippen molar-refractivity contribution >= 4 is 27.2 Å². The highest BCUT2D eigenvalue weighted by atomic mass is 32.1. The molecule has 0 saturated heterocycles. The molecule has 0 saturated carbocycles. The molecule has 0 N–H and O–H groups in total. The first-order valence-electron chi connectivity index (χ1n) is 3.54. The summed E-state index contributed by atoms with van der Waals surface area (Å²) in [5.74, 6) is 0. The second-order valence-electron chi connectivity index (χ2n) is 2.50. The van der Waals surface area contributed by atoms with Crippen molar-refractivity contribution in [1.29, 1.82) is 0 Å². The Hall–Kier alpha value is -1.40. The van der Waals surface area contributed by atoms with Crippen LogP contribution < -0.4 is 0 Å². The summed E-state index contributed by atoms with van der Waals surface area (Å²) in [5, 5.41) is 1.05. The van der Waals surface area contributed by atoms with Crippen LogP contribution in [0, 0.1) is 13.5 Å². The quantitative estimate of drug-likeness (QED) is 0.561. The van der Waals surface area contributed by atoms with Crippen LogP contribution in [0.1, 0.15) is 5.01 Å². The maximum absolute atomic E-state index is 6.83. The Morgan fingerprint density at radius 1 is 1.50 bits per heavy atom. The number of nitrogens with zero attached hydrogens (tertiary/aromatic N) is 2. The van der Waals surface area contributed by atoms with Gasteiger partial charge in [0.15, 0.2) is 5.69 Å². The van der Waals surface area contributed by atoms with Crippen LogP contribution in [-0.4, -0.2) is 4.98 Å². The lowest BCUT2D eigenvalue weighted by Gasteiger charge is -1.86. The van der Waals surface area contributed by atoms with E-state index in [0.717, 1.165) is 15.2 Å². The van der Waals surface area contributed by atoms with Gasteiger partial charge in [0.2, 0.25) is 0 Å². The number of fused-ring (bicyclic) bond motifs is 1. The minimum atomic E-state index is 0.686. The minimum absolute atomic E-state index is 0.686. The second kappa shape index (κ2) is 2.58. The molecule has 0 aliphatic carbocycles. The molecule has 0 spiro atoms. The Balaban J connectivity index is 2.77. The lowest BCUT2D eigenvalue weighted by molar-refractivity contribution is 1.35. The number of hydrogen-bond donors (Lipinski definition) is 0. The summed E-state index contributed by atoms with van der Waals surface area (Å²) >= 11 is 1.63. The van der Waals surface area contributed by atoms with Crippen LogP contribution in [0.25, 0.3) is 15.1 Å². The van der Waals surface area contributed by atoms with Gasteiger partial charge in [0.05, 0.1) is 17.1 Å². The minimum Gasteiger partial charge on any atom is -0.242 e. The molecule has 58 valence electrons. The number of rotatable bonds is 0. The highest BCUT2D eigenvalue weighted by Gasteiger charge is 1.99. The van der Waals surface area contributed by atoms with E-state index in [1.807, 2.05) is 19.1 Å². The van der Waals surface area contributed by atoms with E-state index in [4.69, 9.17) is 6.57 Å². The zero-order valence-corrected chi connectivity index (χ0v) is 7.35. The Morgan fingerprint density at radius 2 is 2.33 bits per heavy atom. The molecule has 0 aliphatic heterocycles. The van der Waals surface area contributed by atoms with E-state index >= 15 is 0 Å². The van der Waals surface area contributed by atoms with Gasteiger partial charge in [0, 0.05) is 4.70 Å². The molecule has 12 heavy (non-hydrogen) atoms. The van der Waals surface area contributed by atoms with Crippen molar-refractivity contribution in [2.45, 2.75) is 6.92 Å². The molecule has 0 radical (unpaired) electrons. The molecule has 1 aromatic heterocycles. The SMILES string of the molecule is [C-]#[N+]c1ccc2nc(C)sc2c1. The van der Waals surface area contributed by atoms with Gasteiger partial charge in [-0.1, -0.05) is 6.07 Å². The van der Waals surface area contributed by atoms with Crippen molar-refractivity contribution in [3.63, 3.8) is 0 Å². The molecule has 2 rings (SSSR count). The average molecular weight is 174 g/mol. The van der Waals surface area contributed by atoms with Gasteiger partial charge in [0.1, 0.15) is 0 Å². The molecule has 2 aromatic rings. The third-order valence-electron chi connectivity index (χ3n) is 1.61. The average Bonchev–Trinajstić information content (AvgIpc) is 2.43. The van der Waals surface area contributed by atoms with Crippen LogP contribution in [0.4, 0.5) is 5.69 Å². The smallest absolute Gasteiger partial charge is 0.188 e. The van der Waals surface area contributed by atoms with E-state index in [1.54, 1.807) is 17.4 Å². The molecule has 0 amide bonds. The highest BCUT2D eigenvalue weighted by Crippen LogP contribution is 2.25. The molecule has 3 heteroatoms. The molecule has 0 unspecified atom stereocenters. The zero-order valence-electron chi connectivity index (χ0n) is 6.53. The molecule has 1 heterocycles. The number of hydrogen-bond acceptors (Lipinski definition) is 2. The maximum atomic E-state index is 6.83. The van der Waals surface area contributed by atoms with Gasteiger partial charge in [-0.3, -0.25) is 0 Å². The third-order valence-corrected chi connectivity index (χ3v) is 2.54. The van der Waals surface area contributed by atoms with Gasteiger partial charge < -0.3 is 0 Å². The van der Waals surface area contributed by atoms with Crippen LogP contribution >= 0.6 is 11.3 Å². The molecule has 0 fully saturated rings. The normalized spacial score (nSPS) is 10.0. The Kier molecular flexibility index (Phi) is 1.56. The maximum Gasteiger partial charge on any atom is 0.188 e. The second-order valence-corrected chi connectivity index (χ2v) is 3.73. The van der Waals surface area contributed by atoms with Gasteiger partial charge in [0.25, 0.3) is 0 Å². The van der Waals surface area contributed by atoms with Crippen LogP contribution in [0.5, 0.6) is 0 Å². The van der Waals surface area contributed by atoms with Crippen LogP contribution in [0.15, 0.2) is 18.2 Å². The van der Waals surface area contributed by atoms with E-state index in [9.17, 15) is 0 Å². The molecular formula is C9H6N2S. The topological polar surface area (TPSA) is 17.2 Å². The molecular weight excluding hydrogens is 168 g/mol. The Bertz CT molecular complexity index is 465. The van der Waals surface area contributed by atoms with Crippen molar-refractivity contribution in [3.05, 3.63) is 34.6 Å². The van der Waals surface area contributed by atoms with E-state index in [1.165, 1.54) is 0 Å². The highest BCUT2D eigenvalue weighted by molar-refractivity contribution is 7.18. The third kappa shape index (κ3) is 1.06. The monoisotopic (exact) mass is 174 g/mol. The van der Waals surface area contributed by atoms with Crippen LogP contribution in [0.2, 0.25) is 0 Å². The predicted octanol–water partition coefficient (Wildman–Crippen LogP) is 3.16. The summed E-state index contributed by atoms with van der Waals surface area (Å²) in [7, 11) is 0. The van der Waals surface area contributed by atoms with Crippen molar-refractivity contribution in [3.8, 4) is 0 Å². The summed E-state index contributed by atoms with van der Waals surface area (Å²) in [4.78, 5) is 7.66. The predicted molar refractivity (Wildman–Crippen MR) is 50.6 cm³/mol. The van der Waals surface area contributed by atoms with Crippen molar-refractivity contribution in [2.24, 2.45) is 0 Å². The van der Waals surface area contributed by atoms with Gasteiger partial charge in [-0.2, -0.15) is 0 Å². The summed E-state index contributed by atoms with van der Waals surface area (Å²) < 4.78 is 1.10. The fourth-order valence-electron chi connectivity index (χ4n) is 1.10. The molecule has 2 nitrogen and oxygen atoms in total. The lowest BCUT2D eigenvalue weighted by Crippen LogP contribution is -1.66. The lowest BCUT2D eigenvalue weighted by atomic mass is 10.3. The van der Waals surface area contributed by atoms with Gasteiger partial charge >= 0.3 is 0 Å². The molecule has 0 atom stereocenters. The summed E-state index contributed by atoms with van der Waals surface area (Å²) in [6.45, 7) is 8.81. The first-order valence-corrected chi connectivity index (χ1v) is 4.36. The number of aryl methyl sites for hydroxylation is 1. The standard InChI is InChI=1S/C9H6N2S/c1-6-11-8-4-3-7(10-2)5-9(8)12-6/h3-5H,1H3. The van der Waals surface area contributed by atoms with E-state index in [0.29, 0.717) is 5.69 Å². The zero-order chi connectivity index (χ0) is 8.55. The summed E-state index contributed by atoms with van der Waals surface area (Å²) in [5.41, 5.74) is 1.68. The van der Waals surface area contributed by atoms with Gasteiger partial charge in [-0.05, 0) is 19.1 Å². The number of thiazole rings is 1. The van der Waals surface area contributed by atoms with Crippen LogP contribution in [0.3, 0.4) is 0 Å². The fraction of sp³-hybridized carbons (Fsp3) is 0.111. The summed E-state index contributed by atoms with van der Waals surface area (Å²) in [6.07, 6.45) is 0. The van der Waals surface area contributed by atoms with E-state index in [2.05, 4.69) is 9.83 Å². The Morgan fingerprint density at radius 3 is 3.08 bits per heavy atom. The first kappa shape index (κ1) is 7.26. The van der Waals surface area contributed by atoms with E-state index in [-0.39, 0.29) is 0 Å². The number of benzene rings is 1.